The van der Waals surface area contributed by atoms with Crippen LogP contribution in [0.2, 0.25) is 0 Å². The maximum atomic E-state index is 12.8. The fraction of sp³-hybridized carbons (Fsp3) is 0.615. The molecule has 0 radical (unpaired) electrons. The van der Waals surface area contributed by atoms with E-state index in [1.165, 1.54) is 12.4 Å². The van der Waals surface area contributed by atoms with E-state index in [-0.39, 0.29) is 18.5 Å². The van der Waals surface area contributed by atoms with Gasteiger partial charge in [0.05, 0.1) is 12.6 Å². The smallest absolute Gasteiger partial charge is 0.319 e. The predicted octanol–water partition coefficient (Wildman–Crippen LogP) is 2.98. The Morgan fingerprint density at radius 2 is 2.05 bits per heavy atom. The van der Waals surface area contributed by atoms with Gasteiger partial charge in [-0.25, -0.2) is 4.98 Å². The van der Waals surface area contributed by atoms with Crippen LogP contribution in [0.5, 0.6) is 0 Å². The number of hydrogen-bond donors (Lipinski definition) is 0. The third kappa shape index (κ3) is 3.44. The number of halogens is 2. The molecule has 0 aliphatic rings. The maximum Gasteiger partial charge on any atom is 0.319 e. The highest BCUT2D eigenvalue weighted by Gasteiger charge is 2.22. The van der Waals surface area contributed by atoms with E-state index in [4.69, 9.17) is 4.52 Å². The van der Waals surface area contributed by atoms with E-state index in [1.807, 2.05) is 25.7 Å². The maximum absolute atomic E-state index is 12.8. The van der Waals surface area contributed by atoms with Crippen molar-refractivity contribution in [3.63, 3.8) is 0 Å². The first-order chi connectivity index (χ1) is 9.90. The summed E-state index contributed by atoms with van der Waals surface area (Å²) in [7, 11) is 1.80. The van der Waals surface area contributed by atoms with Crippen LogP contribution in [-0.4, -0.2) is 31.6 Å². The third-order valence-electron chi connectivity index (χ3n) is 3.34. The molecule has 116 valence electrons. The predicted molar refractivity (Wildman–Crippen MR) is 71.7 cm³/mol. The van der Waals surface area contributed by atoms with Crippen LogP contribution < -0.4 is 0 Å². The summed E-state index contributed by atoms with van der Waals surface area (Å²) in [4.78, 5) is 10.1. The average molecular weight is 299 g/mol. The molecule has 2 aromatic heterocycles. The largest absolute Gasteiger partial charge is 0.338 e. The van der Waals surface area contributed by atoms with Crippen LogP contribution in [0.15, 0.2) is 16.9 Å². The Labute approximate surface area is 121 Å². The Hall–Kier alpha value is -1.83. The van der Waals surface area contributed by atoms with Gasteiger partial charge in [0.15, 0.2) is 5.82 Å². The Morgan fingerprint density at radius 1 is 1.33 bits per heavy atom. The van der Waals surface area contributed by atoms with Gasteiger partial charge in [-0.15, -0.1) is 0 Å². The summed E-state index contributed by atoms with van der Waals surface area (Å²) >= 11 is 0. The second-order valence-corrected chi connectivity index (χ2v) is 5.27. The number of hydrogen-bond acceptors (Lipinski definition) is 5. The lowest BCUT2D eigenvalue weighted by Gasteiger charge is -2.21. The summed E-state index contributed by atoms with van der Waals surface area (Å²) in [5, 5.41) is 3.91. The molecule has 0 bridgehead atoms. The molecule has 21 heavy (non-hydrogen) atoms. The number of alkyl halides is 2. The molecule has 0 saturated heterocycles. The lowest BCUT2D eigenvalue weighted by molar-refractivity contribution is 0.0630. The van der Waals surface area contributed by atoms with Crippen molar-refractivity contribution in [1.82, 2.24) is 24.6 Å². The van der Waals surface area contributed by atoms with Gasteiger partial charge >= 0.3 is 6.55 Å². The van der Waals surface area contributed by atoms with E-state index < -0.39 is 6.55 Å². The van der Waals surface area contributed by atoms with Gasteiger partial charge in [-0.3, -0.25) is 9.47 Å². The Bertz CT molecular complexity index is 581. The zero-order valence-electron chi connectivity index (χ0n) is 12.5. The van der Waals surface area contributed by atoms with Gasteiger partial charge in [-0.2, -0.15) is 13.8 Å². The fourth-order valence-electron chi connectivity index (χ4n) is 1.84. The number of aromatic nitrogens is 4. The van der Waals surface area contributed by atoms with Crippen LogP contribution >= 0.6 is 0 Å². The molecule has 2 rings (SSSR count). The molecule has 0 aromatic carbocycles. The number of rotatable bonds is 6. The van der Waals surface area contributed by atoms with E-state index in [2.05, 4.69) is 15.1 Å². The topological polar surface area (TPSA) is 60.0 Å². The normalized spacial score (nSPS) is 13.6. The molecule has 8 heteroatoms. The first-order valence-corrected chi connectivity index (χ1v) is 6.73. The Balaban J connectivity index is 2.08. The molecule has 2 heterocycles. The lowest BCUT2D eigenvalue weighted by Crippen LogP contribution is -2.24. The van der Waals surface area contributed by atoms with Crippen molar-refractivity contribution in [2.45, 2.75) is 45.8 Å². The van der Waals surface area contributed by atoms with Gasteiger partial charge in [-0.1, -0.05) is 19.0 Å². The van der Waals surface area contributed by atoms with Crippen molar-refractivity contribution in [2.75, 3.05) is 7.05 Å². The Kier molecular flexibility index (Phi) is 4.66. The number of imidazole rings is 1. The van der Waals surface area contributed by atoms with Crippen LogP contribution in [0, 0.1) is 0 Å². The number of nitrogens with zero attached hydrogens (tertiary/aromatic N) is 5. The van der Waals surface area contributed by atoms with Crippen LogP contribution in [0.4, 0.5) is 8.78 Å². The summed E-state index contributed by atoms with van der Waals surface area (Å²) in [5.74, 6) is 1.58. The van der Waals surface area contributed by atoms with Gasteiger partial charge in [0.1, 0.15) is 5.82 Å². The summed E-state index contributed by atoms with van der Waals surface area (Å²) in [6, 6.07) is -0.187. The highest BCUT2D eigenvalue weighted by atomic mass is 19.3. The van der Waals surface area contributed by atoms with Gasteiger partial charge in [-0.05, 0) is 14.0 Å². The van der Waals surface area contributed by atoms with Crippen LogP contribution in [0.3, 0.4) is 0 Å². The third-order valence-corrected chi connectivity index (χ3v) is 3.34. The van der Waals surface area contributed by atoms with Gasteiger partial charge in [0.2, 0.25) is 5.89 Å². The summed E-state index contributed by atoms with van der Waals surface area (Å²) in [6.07, 6.45) is 2.63. The van der Waals surface area contributed by atoms with Crippen molar-refractivity contribution in [1.29, 1.82) is 0 Å². The van der Waals surface area contributed by atoms with Crippen molar-refractivity contribution >= 4 is 0 Å². The molecular formula is C13H19F2N5O. The second kappa shape index (κ2) is 6.30. The first kappa shape index (κ1) is 15.6. The van der Waals surface area contributed by atoms with Gasteiger partial charge in [0, 0.05) is 18.3 Å². The Morgan fingerprint density at radius 3 is 2.62 bits per heavy atom. The molecular weight excluding hydrogens is 280 g/mol. The average Bonchev–Trinajstić information content (AvgIpc) is 3.06. The first-order valence-electron chi connectivity index (χ1n) is 6.73. The van der Waals surface area contributed by atoms with Crippen molar-refractivity contribution in [3.05, 3.63) is 29.9 Å². The molecule has 0 amide bonds. The van der Waals surface area contributed by atoms with Gasteiger partial charge in [0.25, 0.3) is 0 Å². The van der Waals surface area contributed by atoms with Gasteiger partial charge < -0.3 is 4.52 Å². The minimum atomic E-state index is -2.60. The van der Waals surface area contributed by atoms with Crippen LogP contribution in [0.25, 0.3) is 0 Å². The molecule has 0 N–H and O–H groups in total. The van der Waals surface area contributed by atoms with Crippen molar-refractivity contribution in [3.8, 4) is 0 Å². The minimum Gasteiger partial charge on any atom is -0.338 e. The second-order valence-electron chi connectivity index (χ2n) is 5.27. The standard InChI is InChI=1S/C13H19F2N5O/c1-8(2)11-17-12(21-18-11)9(3)19(4)7-10-16-5-6-20(10)13(14)15/h5-6,8-9,13H,7H2,1-4H3. The van der Waals surface area contributed by atoms with Crippen LogP contribution in [-0.2, 0) is 6.54 Å². The molecule has 0 saturated carbocycles. The van der Waals surface area contributed by atoms with E-state index >= 15 is 0 Å². The van der Waals surface area contributed by atoms with Crippen molar-refractivity contribution in [2.24, 2.45) is 0 Å². The summed E-state index contributed by atoms with van der Waals surface area (Å²) in [5.41, 5.74) is 0. The molecule has 0 aliphatic heterocycles. The summed E-state index contributed by atoms with van der Waals surface area (Å²) in [6.45, 7) is 3.50. The lowest BCUT2D eigenvalue weighted by atomic mass is 10.2. The molecule has 2 aromatic rings. The SMILES string of the molecule is CC(C)c1noc(C(C)N(C)Cc2nccn2C(F)F)n1. The summed E-state index contributed by atoms with van der Waals surface area (Å²) < 4.78 is 31.7. The van der Waals surface area contributed by atoms with E-state index in [0.29, 0.717) is 17.5 Å². The molecule has 0 aliphatic carbocycles. The zero-order chi connectivity index (χ0) is 15.6. The molecule has 0 spiro atoms. The molecule has 0 fully saturated rings. The van der Waals surface area contributed by atoms with E-state index in [9.17, 15) is 8.78 Å². The monoisotopic (exact) mass is 299 g/mol. The van der Waals surface area contributed by atoms with Crippen LogP contribution in [0.1, 0.15) is 56.8 Å². The van der Waals surface area contributed by atoms with E-state index in [0.717, 1.165) is 4.57 Å². The highest BCUT2D eigenvalue weighted by Crippen LogP contribution is 2.22. The zero-order valence-corrected chi connectivity index (χ0v) is 12.5. The molecule has 1 atom stereocenters. The molecule has 6 nitrogen and oxygen atoms in total. The van der Waals surface area contributed by atoms with E-state index in [1.54, 1.807) is 7.05 Å². The highest BCUT2D eigenvalue weighted by molar-refractivity contribution is 4.98. The van der Waals surface area contributed by atoms with Crippen molar-refractivity contribution < 1.29 is 13.3 Å². The minimum absolute atomic E-state index is 0.178. The quantitative estimate of drug-likeness (QED) is 0.820. The molecule has 1 unspecified atom stereocenters. The fourth-order valence-corrected chi connectivity index (χ4v) is 1.84.